The van der Waals surface area contributed by atoms with Crippen LogP contribution in [0.15, 0.2) is 62.6 Å². The second-order valence-electron chi connectivity index (χ2n) is 6.14. The van der Waals surface area contributed by atoms with E-state index in [0.717, 1.165) is 20.5 Å². The Morgan fingerprint density at radius 1 is 1.04 bits per heavy atom. The molecule has 1 N–H and O–H groups in total. The number of nitrogens with zero attached hydrogens (tertiary/aromatic N) is 1. The van der Waals surface area contributed by atoms with Crippen molar-refractivity contribution in [1.29, 1.82) is 0 Å². The molecule has 0 saturated carbocycles. The van der Waals surface area contributed by atoms with Crippen molar-refractivity contribution in [3.63, 3.8) is 0 Å². The van der Waals surface area contributed by atoms with Gasteiger partial charge in [-0.3, -0.25) is 0 Å². The fourth-order valence-electron chi connectivity index (χ4n) is 3.26. The number of thiophene rings is 1. The second-order valence-corrected chi connectivity index (χ2v) is 10.8. The molecule has 1 aliphatic heterocycles. The van der Waals surface area contributed by atoms with Crippen molar-refractivity contribution < 1.29 is 13.5 Å². The first-order chi connectivity index (χ1) is 12.4. The van der Waals surface area contributed by atoms with Crippen molar-refractivity contribution in [2.45, 2.75) is 17.2 Å². The van der Waals surface area contributed by atoms with Crippen LogP contribution in [0.2, 0.25) is 0 Å². The molecule has 0 saturated heterocycles. The van der Waals surface area contributed by atoms with Gasteiger partial charge in [-0.25, -0.2) is 8.42 Å². The van der Waals surface area contributed by atoms with Gasteiger partial charge in [-0.2, -0.15) is 4.31 Å². The molecule has 0 bridgehead atoms. The van der Waals surface area contributed by atoms with Crippen LogP contribution < -0.4 is 0 Å². The zero-order valence-electron chi connectivity index (χ0n) is 13.7. The summed E-state index contributed by atoms with van der Waals surface area (Å²) in [4.78, 5) is 0. The first kappa shape index (κ1) is 17.7. The highest BCUT2D eigenvalue weighted by Crippen LogP contribution is 2.34. The lowest BCUT2D eigenvalue weighted by Gasteiger charge is -2.29. The number of hydrogen-bond donors (Lipinski definition) is 1. The lowest BCUT2D eigenvalue weighted by atomic mass is 9.91. The van der Waals surface area contributed by atoms with Gasteiger partial charge in [0.25, 0.3) is 10.0 Å². The molecule has 0 amide bonds. The number of hydrogen-bond acceptors (Lipinski definition) is 4. The van der Waals surface area contributed by atoms with Gasteiger partial charge in [-0.05, 0) is 68.9 Å². The van der Waals surface area contributed by atoms with E-state index >= 15 is 0 Å². The van der Waals surface area contributed by atoms with Gasteiger partial charge in [0, 0.05) is 13.1 Å². The molecule has 0 spiro atoms. The summed E-state index contributed by atoms with van der Waals surface area (Å²) >= 11 is 4.57. The van der Waals surface area contributed by atoms with Crippen LogP contribution in [0, 0.1) is 0 Å². The van der Waals surface area contributed by atoms with Gasteiger partial charge in [-0.1, -0.05) is 30.3 Å². The van der Waals surface area contributed by atoms with Crippen molar-refractivity contribution in [2.24, 2.45) is 0 Å². The van der Waals surface area contributed by atoms with E-state index in [0.29, 0.717) is 23.7 Å². The van der Waals surface area contributed by atoms with Gasteiger partial charge in [0.05, 0.1) is 3.79 Å². The Morgan fingerprint density at radius 2 is 1.81 bits per heavy atom. The van der Waals surface area contributed by atoms with E-state index in [1.54, 1.807) is 28.6 Å². The molecule has 2 heterocycles. The fourth-order valence-corrected chi connectivity index (χ4v) is 6.85. The van der Waals surface area contributed by atoms with Crippen LogP contribution in [0.25, 0.3) is 11.1 Å². The normalized spacial score (nSPS) is 15.0. The molecule has 26 heavy (non-hydrogen) atoms. The lowest BCUT2D eigenvalue weighted by Crippen LogP contribution is -2.35. The number of rotatable bonds is 3. The fraction of sp³-hybridized carbons (Fsp3) is 0.158. The molecule has 2 aromatic carbocycles. The van der Waals surface area contributed by atoms with E-state index < -0.39 is 10.0 Å². The molecular formula is C19H16BrNO3S2. The van der Waals surface area contributed by atoms with Crippen molar-refractivity contribution >= 4 is 37.3 Å². The molecule has 4 nitrogen and oxygen atoms in total. The third-order valence-electron chi connectivity index (χ3n) is 4.55. The molecule has 0 fully saturated rings. The van der Waals surface area contributed by atoms with E-state index in [1.807, 2.05) is 30.3 Å². The van der Waals surface area contributed by atoms with E-state index in [4.69, 9.17) is 0 Å². The van der Waals surface area contributed by atoms with Gasteiger partial charge in [0.2, 0.25) is 0 Å². The summed E-state index contributed by atoms with van der Waals surface area (Å²) in [5.41, 5.74) is 4.33. The van der Waals surface area contributed by atoms with Crippen LogP contribution in [0.5, 0.6) is 5.75 Å². The minimum absolute atomic E-state index is 0.234. The summed E-state index contributed by atoms with van der Waals surface area (Å²) in [6.45, 7) is 0.832. The zero-order valence-corrected chi connectivity index (χ0v) is 16.9. The number of phenolic OH excluding ortho intramolecular Hbond substituents is 1. The maximum Gasteiger partial charge on any atom is 0.252 e. The monoisotopic (exact) mass is 449 g/mol. The van der Waals surface area contributed by atoms with E-state index in [1.165, 1.54) is 16.9 Å². The largest absolute Gasteiger partial charge is 0.508 e. The number of fused-ring (bicyclic) bond motifs is 1. The highest BCUT2D eigenvalue weighted by Gasteiger charge is 2.30. The highest BCUT2D eigenvalue weighted by atomic mass is 79.9. The van der Waals surface area contributed by atoms with Crippen LogP contribution in [0.3, 0.4) is 0 Å². The van der Waals surface area contributed by atoms with Crippen LogP contribution >= 0.6 is 27.3 Å². The molecule has 3 aromatic rings. The predicted octanol–water partition coefficient (Wildman–Crippen LogP) is 4.63. The van der Waals surface area contributed by atoms with Crippen LogP contribution in [0.4, 0.5) is 0 Å². The maximum absolute atomic E-state index is 12.9. The van der Waals surface area contributed by atoms with E-state index in [-0.39, 0.29) is 5.75 Å². The van der Waals surface area contributed by atoms with Gasteiger partial charge in [0.15, 0.2) is 0 Å². The molecule has 0 unspecified atom stereocenters. The van der Waals surface area contributed by atoms with Gasteiger partial charge >= 0.3 is 0 Å². The van der Waals surface area contributed by atoms with Crippen molar-refractivity contribution in [1.82, 2.24) is 4.31 Å². The Balaban J connectivity index is 1.68. The number of halogens is 1. The second kappa shape index (κ2) is 6.81. The Bertz CT molecular complexity index is 1060. The van der Waals surface area contributed by atoms with Crippen LogP contribution in [-0.4, -0.2) is 24.4 Å². The van der Waals surface area contributed by atoms with Gasteiger partial charge < -0.3 is 5.11 Å². The Kier molecular flexibility index (Phi) is 4.64. The summed E-state index contributed by atoms with van der Waals surface area (Å²) in [5, 5.41) is 9.50. The maximum atomic E-state index is 12.9. The van der Waals surface area contributed by atoms with E-state index in [9.17, 15) is 13.5 Å². The third-order valence-corrected chi connectivity index (χ3v) is 8.49. The Labute approximate surface area is 164 Å². The van der Waals surface area contributed by atoms with Crippen LogP contribution in [0.1, 0.15) is 11.1 Å². The summed E-state index contributed by atoms with van der Waals surface area (Å²) in [6, 6.07) is 16.5. The highest BCUT2D eigenvalue weighted by molar-refractivity contribution is 9.11. The molecule has 1 aromatic heterocycles. The molecule has 134 valence electrons. The Hall–Kier alpha value is -1.67. The molecule has 1 aliphatic rings. The summed E-state index contributed by atoms with van der Waals surface area (Å²) in [7, 11) is -3.48. The molecule has 0 aliphatic carbocycles. The van der Waals surface area contributed by atoms with E-state index in [2.05, 4.69) is 15.9 Å². The van der Waals surface area contributed by atoms with Gasteiger partial charge in [-0.15, -0.1) is 11.3 Å². The quantitative estimate of drug-likeness (QED) is 0.633. The van der Waals surface area contributed by atoms with Crippen molar-refractivity contribution in [2.75, 3.05) is 6.54 Å². The minimum atomic E-state index is -3.48. The predicted molar refractivity (Wildman–Crippen MR) is 107 cm³/mol. The molecular weight excluding hydrogens is 434 g/mol. The number of aromatic hydroxyl groups is 1. The number of sulfonamides is 1. The average molecular weight is 450 g/mol. The molecule has 4 rings (SSSR count). The molecule has 0 atom stereocenters. The molecule has 7 heteroatoms. The lowest BCUT2D eigenvalue weighted by molar-refractivity contribution is 0.393. The van der Waals surface area contributed by atoms with Crippen molar-refractivity contribution in [3.8, 4) is 16.9 Å². The third kappa shape index (κ3) is 3.20. The first-order valence-electron chi connectivity index (χ1n) is 8.11. The average Bonchev–Trinajstić information content (AvgIpc) is 3.09. The van der Waals surface area contributed by atoms with Crippen molar-refractivity contribution in [3.05, 3.63) is 69.5 Å². The standard InChI is InChI=1S/C19H16BrNO3S2/c20-18-8-9-19(25-18)26(23,24)21-11-10-17-14(12-21)2-1-3-16(17)13-4-6-15(22)7-5-13/h1-9,22H,10-12H2. The van der Waals surface area contributed by atoms with Gasteiger partial charge in [0.1, 0.15) is 9.96 Å². The summed E-state index contributed by atoms with van der Waals surface area (Å²) in [5.74, 6) is 0.234. The SMILES string of the molecule is O=S(=O)(c1ccc(Br)s1)N1CCc2c(cccc2-c2ccc(O)cc2)C1. The minimum Gasteiger partial charge on any atom is -0.508 e. The summed E-state index contributed by atoms with van der Waals surface area (Å²) in [6.07, 6.45) is 0.665. The number of phenols is 1. The smallest absolute Gasteiger partial charge is 0.252 e. The first-order valence-corrected chi connectivity index (χ1v) is 11.2. The Morgan fingerprint density at radius 3 is 2.50 bits per heavy atom. The zero-order chi connectivity index (χ0) is 18.3. The topological polar surface area (TPSA) is 57.6 Å². The number of benzene rings is 2. The van der Waals surface area contributed by atoms with Crippen LogP contribution in [-0.2, 0) is 23.0 Å². The molecule has 0 radical (unpaired) electrons. The summed E-state index contributed by atoms with van der Waals surface area (Å²) < 4.78 is 28.5.